The topological polar surface area (TPSA) is 83.7 Å². The largest absolute Gasteiger partial charge is 0.460 e. The molecule has 0 aliphatic carbocycles. The Bertz CT molecular complexity index is 1100. The molecule has 0 aliphatic heterocycles. The van der Waals surface area contributed by atoms with Crippen LogP contribution in [0.5, 0.6) is 0 Å². The Hall–Kier alpha value is -3.73. The third kappa shape index (κ3) is 13.5. The van der Waals surface area contributed by atoms with Crippen molar-refractivity contribution in [1.29, 1.82) is 0 Å². The van der Waals surface area contributed by atoms with Gasteiger partial charge in [-0.05, 0) is 56.7 Å². The van der Waals surface area contributed by atoms with Gasteiger partial charge in [0.15, 0.2) is 0 Å². The number of carbonyl (C=O) groups is 1. The van der Waals surface area contributed by atoms with Crippen LogP contribution in [0.25, 0.3) is 22.9 Å². The first-order valence-corrected chi connectivity index (χ1v) is 12.7. The maximum absolute atomic E-state index is 10.3. The summed E-state index contributed by atoms with van der Waals surface area (Å²) in [6.45, 7) is 11.0. The predicted molar refractivity (Wildman–Crippen MR) is 152 cm³/mol. The lowest BCUT2D eigenvalue weighted by Gasteiger charge is -1.98. The first-order chi connectivity index (χ1) is 18.5. The number of aryl methyl sites for hydroxylation is 1. The predicted octanol–water partition coefficient (Wildman–Crippen LogP) is 6.66. The first kappa shape index (κ1) is 32.3. The third-order valence-corrected chi connectivity index (χ3v) is 5.03. The second-order valence-corrected chi connectivity index (χ2v) is 8.15. The van der Waals surface area contributed by atoms with E-state index in [1.54, 1.807) is 14.2 Å². The van der Waals surface area contributed by atoms with Crippen molar-refractivity contribution in [3.05, 3.63) is 72.3 Å². The van der Waals surface area contributed by atoms with E-state index in [0.29, 0.717) is 25.0 Å². The van der Waals surface area contributed by atoms with E-state index in [1.807, 2.05) is 62.4 Å². The van der Waals surface area contributed by atoms with Crippen LogP contribution in [-0.2, 0) is 19.0 Å². The first-order valence-electron chi connectivity index (χ1n) is 12.7. The highest BCUT2D eigenvalue weighted by Gasteiger charge is 2.10. The quantitative estimate of drug-likeness (QED) is 0.121. The minimum atomic E-state index is -0.410. The standard InChI is InChI=1S/C18H14N2O.C7H16O.C6H10O3/c1-3-4-14-7-11-16(12-8-14)18-20-19-17(21-18)15-9-5-13(2)6-10-15;1-3-4-5-6-7-8-2;1-3-6(7)9-5-4-8-2/h5-12H,1-2H3;3-7H2,1-2H3;3H,1,4-5H2,2H3. The summed E-state index contributed by atoms with van der Waals surface area (Å²) in [5.74, 6) is 6.51. The summed E-state index contributed by atoms with van der Waals surface area (Å²) < 4.78 is 19.8. The van der Waals surface area contributed by atoms with Gasteiger partial charge in [-0.25, -0.2) is 4.79 Å². The summed E-state index contributed by atoms with van der Waals surface area (Å²) in [6, 6.07) is 15.8. The highest BCUT2D eigenvalue weighted by molar-refractivity contribution is 5.81. The summed E-state index contributed by atoms with van der Waals surface area (Å²) in [5, 5.41) is 8.21. The lowest BCUT2D eigenvalue weighted by atomic mass is 10.1. The number of ether oxygens (including phenoxy) is 3. The summed E-state index contributed by atoms with van der Waals surface area (Å²) in [5.41, 5.74) is 3.99. The van der Waals surface area contributed by atoms with E-state index < -0.39 is 5.97 Å². The lowest BCUT2D eigenvalue weighted by molar-refractivity contribution is -0.138. The number of rotatable bonds is 11. The Labute approximate surface area is 227 Å². The van der Waals surface area contributed by atoms with Crippen molar-refractivity contribution in [2.24, 2.45) is 0 Å². The fourth-order valence-corrected chi connectivity index (χ4v) is 2.95. The number of nitrogens with zero attached hydrogens (tertiary/aromatic N) is 2. The molecule has 0 bridgehead atoms. The van der Waals surface area contributed by atoms with Crippen LogP contribution in [0.2, 0.25) is 0 Å². The van der Waals surface area contributed by atoms with E-state index in [0.717, 1.165) is 29.4 Å². The van der Waals surface area contributed by atoms with Gasteiger partial charge in [0, 0.05) is 43.6 Å². The molecule has 0 saturated heterocycles. The second kappa shape index (κ2) is 20.3. The summed E-state index contributed by atoms with van der Waals surface area (Å²) in [4.78, 5) is 10.3. The molecule has 0 aliphatic rings. The van der Waals surface area contributed by atoms with Gasteiger partial charge in [-0.3, -0.25) is 0 Å². The molecule has 7 nitrogen and oxygen atoms in total. The SMILES string of the molecule is C=CC(=O)OCCOC.CC#Cc1ccc(-c2nnc(-c3ccc(C)cc3)o2)cc1.CCCCCCOC. The van der Waals surface area contributed by atoms with Crippen LogP contribution < -0.4 is 0 Å². The molecule has 38 heavy (non-hydrogen) atoms. The second-order valence-electron chi connectivity index (χ2n) is 8.15. The zero-order valence-corrected chi connectivity index (χ0v) is 23.3. The van der Waals surface area contributed by atoms with Crippen LogP contribution in [0.1, 0.15) is 50.7 Å². The van der Waals surface area contributed by atoms with Crippen LogP contribution in [0, 0.1) is 18.8 Å². The van der Waals surface area contributed by atoms with Crippen LogP contribution in [-0.4, -0.2) is 50.2 Å². The molecule has 0 spiro atoms. The van der Waals surface area contributed by atoms with Crippen LogP contribution in [0.4, 0.5) is 0 Å². The van der Waals surface area contributed by atoms with Crippen molar-refractivity contribution in [2.45, 2.75) is 46.5 Å². The molecule has 3 rings (SSSR count). The Morgan fingerprint density at radius 2 is 1.47 bits per heavy atom. The Balaban J connectivity index is 0.000000354. The molecule has 1 heterocycles. The van der Waals surface area contributed by atoms with Gasteiger partial charge in [-0.2, -0.15) is 0 Å². The highest BCUT2D eigenvalue weighted by atomic mass is 16.6. The van der Waals surface area contributed by atoms with E-state index in [9.17, 15) is 4.79 Å². The molecule has 0 unspecified atom stereocenters. The molecule has 0 N–H and O–H groups in total. The molecular formula is C31H40N2O5. The van der Waals surface area contributed by atoms with Crippen molar-refractivity contribution >= 4 is 5.97 Å². The van der Waals surface area contributed by atoms with Crippen LogP contribution >= 0.6 is 0 Å². The molecule has 204 valence electrons. The number of methoxy groups -OCH3 is 2. The average Bonchev–Trinajstić information content (AvgIpc) is 3.43. The Kier molecular flexibility index (Phi) is 17.3. The highest BCUT2D eigenvalue weighted by Crippen LogP contribution is 2.24. The molecule has 0 radical (unpaired) electrons. The number of benzene rings is 2. The average molecular weight is 521 g/mol. The van der Waals surface area contributed by atoms with Crippen molar-refractivity contribution in [3.63, 3.8) is 0 Å². The lowest BCUT2D eigenvalue weighted by Crippen LogP contribution is -2.06. The van der Waals surface area contributed by atoms with E-state index >= 15 is 0 Å². The molecule has 0 atom stereocenters. The molecular weight excluding hydrogens is 480 g/mol. The number of unbranched alkanes of at least 4 members (excludes halogenated alkanes) is 3. The normalized spacial score (nSPS) is 9.61. The fourth-order valence-electron chi connectivity index (χ4n) is 2.95. The Morgan fingerprint density at radius 3 is 1.97 bits per heavy atom. The van der Waals surface area contributed by atoms with Gasteiger partial charge in [0.2, 0.25) is 11.8 Å². The number of esters is 1. The number of carbonyl (C=O) groups excluding carboxylic acids is 1. The summed E-state index contributed by atoms with van der Waals surface area (Å²) in [7, 11) is 3.30. The summed E-state index contributed by atoms with van der Waals surface area (Å²) >= 11 is 0. The minimum absolute atomic E-state index is 0.293. The monoisotopic (exact) mass is 520 g/mol. The molecule has 7 heteroatoms. The van der Waals surface area contributed by atoms with Crippen molar-refractivity contribution in [2.75, 3.05) is 34.0 Å². The van der Waals surface area contributed by atoms with E-state index in [-0.39, 0.29) is 0 Å². The van der Waals surface area contributed by atoms with Gasteiger partial charge < -0.3 is 18.6 Å². The zero-order valence-electron chi connectivity index (χ0n) is 23.3. The molecule has 1 aromatic heterocycles. The smallest absolute Gasteiger partial charge is 0.330 e. The van der Waals surface area contributed by atoms with Crippen molar-refractivity contribution in [3.8, 4) is 34.7 Å². The van der Waals surface area contributed by atoms with Gasteiger partial charge in [0.05, 0.1) is 6.61 Å². The maximum Gasteiger partial charge on any atom is 0.330 e. The van der Waals surface area contributed by atoms with Crippen LogP contribution in [0.3, 0.4) is 0 Å². The van der Waals surface area contributed by atoms with Crippen molar-refractivity contribution in [1.82, 2.24) is 10.2 Å². The van der Waals surface area contributed by atoms with Crippen LogP contribution in [0.15, 0.2) is 65.6 Å². The number of hydrogen-bond acceptors (Lipinski definition) is 7. The summed E-state index contributed by atoms with van der Waals surface area (Å²) in [6.07, 6.45) is 6.33. The van der Waals surface area contributed by atoms with Crippen molar-refractivity contribution < 1.29 is 23.4 Å². The van der Waals surface area contributed by atoms with Gasteiger partial charge in [-0.15, -0.1) is 16.1 Å². The van der Waals surface area contributed by atoms with E-state index in [4.69, 9.17) is 9.15 Å². The zero-order chi connectivity index (χ0) is 28.0. The molecule has 0 fully saturated rings. The minimum Gasteiger partial charge on any atom is -0.460 e. The fraction of sp³-hybridized carbons (Fsp3) is 0.387. The molecule has 2 aromatic carbocycles. The van der Waals surface area contributed by atoms with E-state index in [2.05, 4.69) is 45.0 Å². The molecule has 3 aromatic rings. The molecule has 0 amide bonds. The van der Waals surface area contributed by atoms with E-state index in [1.165, 1.54) is 31.2 Å². The maximum atomic E-state index is 10.3. The third-order valence-electron chi connectivity index (χ3n) is 5.03. The Morgan fingerprint density at radius 1 is 0.895 bits per heavy atom. The van der Waals surface area contributed by atoms with Gasteiger partial charge in [0.25, 0.3) is 0 Å². The van der Waals surface area contributed by atoms with Gasteiger partial charge in [0.1, 0.15) is 6.61 Å². The number of aromatic nitrogens is 2. The molecule has 0 saturated carbocycles. The number of hydrogen-bond donors (Lipinski definition) is 0. The van der Waals surface area contributed by atoms with Gasteiger partial charge in [-0.1, -0.05) is 56.4 Å². The van der Waals surface area contributed by atoms with Gasteiger partial charge >= 0.3 is 5.97 Å².